The molecule has 2 aliphatic rings. The molecule has 0 bridgehead atoms. The van der Waals surface area contributed by atoms with Crippen molar-refractivity contribution in [3.05, 3.63) is 46.2 Å². The van der Waals surface area contributed by atoms with E-state index in [0.29, 0.717) is 28.4 Å². The zero-order chi connectivity index (χ0) is 29.6. The Kier molecular flexibility index (Phi) is 7.52. The van der Waals surface area contributed by atoms with E-state index in [9.17, 15) is 14.4 Å². The van der Waals surface area contributed by atoms with Crippen LogP contribution in [0.15, 0.2) is 35.3 Å². The van der Waals surface area contributed by atoms with Gasteiger partial charge < -0.3 is 24.8 Å². The number of thiazole rings is 1. The number of hydrogen-bond acceptors (Lipinski definition) is 9. The van der Waals surface area contributed by atoms with Crippen molar-refractivity contribution in [2.75, 3.05) is 51.2 Å². The van der Waals surface area contributed by atoms with Crippen LogP contribution in [0.25, 0.3) is 26.1 Å². The van der Waals surface area contributed by atoms with Crippen molar-refractivity contribution in [3.8, 4) is 0 Å². The van der Waals surface area contributed by atoms with Crippen LogP contribution < -0.4 is 15.6 Å². The molecule has 0 radical (unpaired) electrons. The van der Waals surface area contributed by atoms with Gasteiger partial charge in [-0.1, -0.05) is 12.1 Å². The third-order valence-corrected chi connectivity index (χ3v) is 9.05. The number of benzene rings is 1. The van der Waals surface area contributed by atoms with E-state index in [2.05, 4.69) is 27.1 Å². The maximum Gasteiger partial charge on any atom is 0.410 e. The van der Waals surface area contributed by atoms with Crippen LogP contribution in [-0.4, -0.2) is 94.1 Å². The molecule has 5 heterocycles. The first-order valence-electron chi connectivity index (χ1n) is 14.5. The molecule has 11 nitrogen and oxygen atoms in total. The smallest absolute Gasteiger partial charge is 0.410 e. The number of likely N-dealkylation sites (tertiary alicyclic amines) is 1. The normalized spacial score (nSPS) is 18.6. The molecule has 0 spiro atoms. The second kappa shape index (κ2) is 11.1. The van der Waals surface area contributed by atoms with Gasteiger partial charge in [0, 0.05) is 38.9 Å². The standard InChI is InChI=1S/C30H37N7O4S/c1-30(2,3)41-29(40)36-14-7-9-19(36)17-31-26(39)23-24(38)20-18-32-28(35-13-8-12-34(4)15-16-35)33-25(20)37-21-10-5-6-11-22(21)42-27(23)37/h5-6,10-11,18-19H,7-9,12-17H2,1-4H3,(H,31,39). The Morgan fingerprint density at radius 3 is 2.71 bits per heavy atom. The molecule has 222 valence electrons. The molecule has 2 fully saturated rings. The summed E-state index contributed by atoms with van der Waals surface area (Å²) >= 11 is 1.40. The first kappa shape index (κ1) is 28.4. The van der Waals surface area contributed by atoms with Crippen molar-refractivity contribution in [2.24, 2.45) is 0 Å². The average molecular weight is 592 g/mol. The third-order valence-electron chi connectivity index (χ3n) is 7.90. The number of anilines is 1. The Hall–Kier alpha value is -3.77. The lowest BCUT2D eigenvalue weighted by Crippen LogP contribution is -2.45. The van der Waals surface area contributed by atoms with Gasteiger partial charge in [-0.3, -0.25) is 14.0 Å². The Balaban J connectivity index is 1.37. The maximum atomic E-state index is 13.9. The summed E-state index contributed by atoms with van der Waals surface area (Å²) in [5.41, 5.74) is 0.443. The Morgan fingerprint density at radius 2 is 1.90 bits per heavy atom. The minimum Gasteiger partial charge on any atom is -0.444 e. The molecule has 1 N–H and O–H groups in total. The van der Waals surface area contributed by atoms with Crippen LogP contribution in [0.2, 0.25) is 0 Å². The highest BCUT2D eigenvalue weighted by atomic mass is 32.1. The summed E-state index contributed by atoms with van der Waals surface area (Å²) in [5.74, 6) is 0.114. The highest BCUT2D eigenvalue weighted by Gasteiger charge is 2.33. The molecule has 42 heavy (non-hydrogen) atoms. The number of ether oxygens (including phenoxy) is 1. The fraction of sp³-hybridized carbons (Fsp3) is 0.500. The van der Waals surface area contributed by atoms with Gasteiger partial charge in [-0.2, -0.15) is 4.98 Å². The summed E-state index contributed by atoms with van der Waals surface area (Å²) in [5, 5.41) is 3.26. The third kappa shape index (κ3) is 5.40. The average Bonchev–Trinajstić information content (AvgIpc) is 3.51. The molecule has 12 heteroatoms. The second-order valence-corrected chi connectivity index (χ2v) is 13.2. The minimum absolute atomic E-state index is 0.0678. The van der Waals surface area contributed by atoms with Gasteiger partial charge in [0.2, 0.25) is 11.4 Å². The zero-order valence-corrected chi connectivity index (χ0v) is 25.4. The van der Waals surface area contributed by atoms with Gasteiger partial charge in [0.1, 0.15) is 16.0 Å². The van der Waals surface area contributed by atoms with E-state index in [0.717, 1.165) is 55.7 Å². The van der Waals surface area contributed by atoms with Crippen molar-refractivity contribution in [3.63, 3.8) is 0 Å². The number of aromatic nitrogens is 3. The van der Waals surface area contributed by atoms with Crippen LogP contribution in [0.1, 0.15) is 50.4 Å². The number of hydrogen-bond donors (Lipinski definition) is 1. The van der Waals surface area contributed by atoms with Gasteiger partial charge in [0.05, 0.1) is 21.6 Å². The summed E-state index contributed by atoms with van der Waals surface area (Å²) in [7, 11) is 2.11. The zero-order valence-electron chi connectivity index (χ0n) is 24.6. The molecule has 2 amide bonds. The Labute approximate surface area is 248 Å². The van der Waals surface area contributed by atoms with E-state index < -0.39 is 16.9 Å². The highest BCUT2D eigenvalue weighted by molar-refractivity contribution is 7.24. The molecule has 2 saturated heterocycles. The molecular formula is C30H37N7O4S. The number of carbonyl (C=O) groups is 2. The minimum atomic E-state index is -0.606. The van der Waals surface area contributed by atoms with Crippen LogP contribution in [0.5, 0.6) is 0 Å². The second-order valence-electron chi connectivity index (χ2n) is 12.1. The lowest BCUT2D eigenvalue weighted by molar-refractivity contribution is 0.0225. The van der Waals surface area contributed by atoms with Gasteiger partial charge in [-0.25, -0.2) is 9.78 Å². The van der Waals surface area contributed by atoms with E-state index in [1.807, 2.05) is 49.4 Å². The summed E-state index contributed by atoms with van der Waals surface area (Å²) < 4.78 is 8.44. The Bertz CT molecular complexity index is 1730. The summed E-state index contributed by atoms with van der Waals surface area (Å²) in [6, 6.07) is 7.64. The topological polar surface area (TPSA) is 112 Å². The molecule has 1 unspecified atom stereocenters. The lowest BCUT2D eigenvalue weighted by Gasteiger charge is -2.28. The van der Waals surface area contributed by atoms with E-state index in [1.54, 1.807) is 11.1 Å². The number of carbonyl (C=O) groups excluding carboxylic acids is 2. The molecule has 2 aliphatic heterocycles. The van der Waals surface area contributed by atoms with E-state index in [4.69, 9.17) is 9.72 Å². The van der Waals surface area contributed by atoms with E-state index in [-0.39, 0.29) is 24.2 Å². The first-order chi connectivity index (χ1) is 20.1. The number of fused-ring (bicyclic) bond motifs is 5. The monoisotopic (exact) mass is 591 g/mol. The largest absolute Gasteiger partial charge is 0.444 e. The predicted molar refractivity (Wildman–Crippen MR) is 165 cm³/mol. The van der Waals surface area contributed by atoms with Crippen LogP contribution in [-0.2, 0) is 4.74 Å². The quantitative estimate of drug-likeness (QED) is 0.382. The molecule has 0 aliphatic carbocycles. The van der Waals surface area contributed by atoms with Crippen molar-refractivity contribution in [1.82, 2.24) is 29.5 Å². The van der Waals surface area contributed by atoms with Crippen molar-refractivity contribution in [1.29, 1.82) is 0 Å². The molecule has 0 saturated carbocycles. The predicted octanol–water partition coefficient (Wildman–Crippen LogP) is 3.73. The SMILES string of the molecule is CN1CCCN(c2ncc3c(=O)c(C(=O)NCC4CCCN4C(=O)OC(C)(C)C)c4sc5ccccc5n4c3n2)CC1. The number of likely N-dealkylation sites (N-methyl/N-ethyl adjacent to an activating group) is 1. The number of nitrogens with zero attached hydrogens (tertiary/aromatic N) is 6. The van der Waals surface area contributed by atoms with Crippen LogP contribution >= 0.6 is 11.3 Å². The first-order valence-corrected chi connectivity index (χ1v) is 15.4. The fourth-order valence-corrected chi connectivity index (χ4v) is 6.98. The molecule has 1 aromatic carbocycles. The summed E-state index contributed by atoms with van der Waals surface area (Å²) in [6.45, 7) is 9.85. The van der Waals surface area contributed by atoms with Gasteiger partial charge in [0.25, 0.3) is 5.91 Å². The highest BCUT2D eigenvalue weighted by Crippen LogP contribution is 2.31. The van der Waals surface area contributed by atoms with E-state index in [1.165, 1.54) is 11.3 Å². The van der Waals surface area contributed by atoms with E-state index >= 15 is 0 Å². The fourth-order valence-electron chi connectivity index (χ4n) is 5.79. The molecule has 6 rings (SSSR count). The summed E-state index contributed by atoms with van der Waals surface area (Å²) in [6.07, 6.45) is 3.75. The van der Waals surface area contributed by atoms with Gasteiger partial charge in [-0.05, 0) is 65.8 Å². The Morgan fingerprint density at radius 1 is 1.10 bits per heavy atom. The number of para-hydroxylation sites is 1. The van der Waals surface area contributed by atoms with Crippen LogP contribution in [0.3, 0.4) is 0 Å². The molecule has 1 atom stereocenters. The maximum absolute atomic E-state index is 13.9. The van der Waals surface area contributed by atoms with Gasteiger partial charge in [0.15, 0.2) is 5.65 Å². The van der Waals surface area contributed by atoms with Crippen molar-refractivity contribution >= 4 is 55.4 Å². The number of rotatable bonds is 4. The van der Waals surface area contributed by atoms with Gasteiger partial charge in [-0.15, -0.1) is 11.3 Å². The van der Waals surface area contributed by atoms with Crippen LogP contribution in [0.4, 0.5) is 10.7 Å². The number of pyridine rings is 1. The van der Waals surface area contributed by atoms with Crippen molar-refractivity contribution < 1.29 is 14.3 Å². The summed E-state index contributed by atoms with van der Waals surface area (Å²) in [4.78, 5) is 56.6. The molecule has 3 aromatic heterocycles. The molecule has 4 aromatic rings. The lowest BCUT2D eigenvalue weighted by atomic mass is 10.1. The van der Waals surface area contributed by atoms with Gasteiger partial charge >= 0.3 is 6.09 Å². The molecular weight excluding hydrogens is 554 g/mol. The van der Waals surface area contributed by atoms with Crippen LogP contribution in [0, 0.1) is 0 Å². The van der Waals surface area contributed by atoms with Crippen molar-refractivity contribution in [2.45, 2.75) is 51.7 Å². The number of amides is 2. The number of nitrogens with one attached hydrogen (secondary N) is 1.